The first-order valence-electron chi connectivity index (χ1n) is 9.56. The molecule has 0 unspecified atom stereocenters. The first-order chi connectivity index (χ1) is 13.0. The van der Waals surface area contributed by atoms with E-state index in [0.29, 0.717) is 44.3 Å². The van der Waals surface area contributed by atoms with Crippen LogP contribution < -0.4 is 10.1 Å². The van der Waals surface area contributed by atoms with E-state index in [1.54, 1.807) is 12.1 Å². The molecule has 0 spiro atoms. The Morgan fingerprint density at radius 1 is 1.22 bits per heavy atom. The van der Waals surface area contributed by atoms with Gasteiger partial charge >= 0.3 is 0 Å². The minimum absolute atomic E-state index is 0.0678. The van der Waals surface area contributed by atoms with Crippen molar-refractivity contribution in [3.8, 4) is 5.75 Å². The van der Waals surface area contributed by atoms with Crippen molar-refractivity contribution >= 4 is 21.6 Å². The number of nitrogens with one attached hydrogen (secondary N) is 1. The number of carbonyl (C=O) groups excluding carboxylic acids is 1. The van der Waals surface area contributed by atoms with Crippen LogP contribution in [0.3, 0.4) is 0 Å². The van der Waals surface area contributed by atoms with E-state index in [4.69, 9.17) is 9.47 Å². The molecule has 1 aromatic carbocycles. The molecule has 1 aliphatic heterocycles. The topological polar surface area (TPSA) is 84.9 Å². The summed E-state index contributed by atoms with van der Waals surface area (Å²) in [7, 11) is -2.27. The Morgan fingerprint density at radius 2 is 1.93 bits per heavy atom. The number of rotatable bonds is 6. The molecule has 1 aromatic rings. The van der Waals surface area contributed by atoms with Crippen LogP contribution in [0.2, 0.25) is 0 Å². The van der Waals surface area contributed by atoms with Gasteiger partial charge in [-0.3, -0.25) is 4.79 Å². The van der Waals surface area contributed by atoms with Crippen LogP contribution in [0.4, 0.5) is 5.69 Å². The molecule has 27 heavy (non-hydrogen) atoms. The van der Waals surface area contributed by atoms with Crippen molar-refractivity contribution in [3.05, 3.63) is 18.2 Å². The lowest BCUT2D eigenvalue weighted by atomic mass is 9.87. The normalized spacial score (nSPS) is 19.6. The molecule has 2 aliphatic rings. The number of amides is 1. The van der Waals surface area contributed by atoms with Crippen LogP contribution in [-0.2, 0) is 19.6 Å². The van der Waals surface area contributed by atoms with E-state index in [0.717, 1.165) is 12.8 Å². The van der Waals surface area contributed by atoms with Gasteiger partial charge in [-0.2, -0.15) is 4.31 Å². The van der Waals surface area contributed by atoms with Gasteiger partial charge in [-0.15, -0.1) is 0 Å². The minimum Gasteiger partial charge on any atom is -0.495 e. The maximum absolute atomic E-state index is 13.0. The Bertz CT molecular complexity index is 753. The molecule has 0 bridgehead atoms. The van der Waals surface area contributed by atoms with Crippen molar-refractivity contribution in [1.29, 1.82) is 0 Å². The molecule has 150 valence electrons. The predicted octanol–water partition coefficient (Wildman–Crippen LogP) is 2.63. The monoisotopic (exact) mass is 396 g/mol. The highest BCUT2D eigenvalue weighted by atomic mass is 32.2. The first-order valence-corrected chi connectivity index (χ1v) is 11.0. The van der Waals surface area contributed by atoms with Crippen LogP contribution in [0.15, 0.2) is 23.1 Å². The Labute approximate surface area is 161 Å². The standard InChI is InChI=1S/C19H28N2O5S/c1-25-17-8-7-16(20-19(22)13-15-5-3-2-4-6-15)14-18(17)27(23,24)21-9-11-26-12-10-21/h7-8,14-15H,2-6,9-13H2,1H3,(H,20,22). The molecule has 2 fully saturated rings. The van der Waals surface area contributed by atoms with Crippen molar-refractivity contribution in [2.75, 3.05) is 38.7 Å². The number of benzene rings is 1. The summed E-state index contributed by atoms with van der Waals surface area (Å²) in [6.07, 6.45) is 6.28. The summed E-state index contributed by atoms with van der Waals surface area (Å²) in [4.78, 5) is 12.5. The van der Waals surface area contributed by atoms with E-state index in [9.17, 15) is 13.2 Å². The largest absolute Gasteiger partial charge is 0.495 e. The second-order valence-electron chi connectivity index (χ2n) is 7.14. The maximum atomic E-state index is 13.0. The van der Waals surface area contributed by atoms with Crippen LogP contribution in [-0.4, -0.2) is 52.0 Å². The Hall–Kier alpha value is -1.64. The lowest BCUT2D eigenvalue weighted by Gasteiger charge is -2.27. The number of ether oxygens (including phenoxy) is 2. The van der Waals surface area contributed by atoms with Crippen LogP contribution >= 0.6 is 0 Å². The van der Waals surface area contributed by atoms with Crippen LogP contribution in [0.1, 0.15) is 38.5 Å². The summed E-state index contributed by atoms with van der Waals surface area (Å²) < 4.78 is 37.9. The molecule has 3 rings (SSSR count). The summed E-state index contributed by atoms with van der Waals surface area (Å²) in [5, 5.41) is 2.85. The third-order valence-corrected chi connectivity index (χ3v) is 7.15. The molecule has 0 radical (unpaired) electrons. The van der Waals surface area contributed by atoms with Gasteiger partial charge < -0.3 is 14.8 Å². The van der Waals surface area contributed by atoms with E-state index in [1.807, 2.05) is 0 Å². The fourth-order valence-electron chi connectivity index (χ4n) is 3.75. The van der Waals surface area contributed by atoms with Gasteiger partial charge in [0.05, 0.1) is 20.3 Å². The molecule has 1 heterocycles. The molecule has 0 atom stereocenters. The SMILES string of the molecule is COc1ccc(NC(=O)CC2CCCCC2)cc1S(=O)(=O)N1CCOCC1. The van der Waals surface area contributed by atoms with Crippen molar-refractivity contribution in [3.63, 3.8) is 0 Å². The molecular formula is C19H28N2O5S. The number of methoxy groups -OCH3 is 1. The zero-order valence-electron chi connectivity index (χ0n) is 15.8. The van der Waals surface area contributed by atoms with Gasteiger partial charge in [0, 0.05) is 25.2 Å². The molecule has 1 saturated carbocycles. The number of morpholine rings is 1. The Morgan fingerprint density at radius 3 is 2.59 bits per heavy atom. The minimum atomic E-state index is -3.71. The molecule has 1 N–H and O–H groups in total. The highest BCUT2D eigenvalue weighted by Gasteiger charge is 2.29. The van der Waals surface area contributed by atoms with Crippen molar-refractivity contribution in [2.45, 2.75) is 43.4 Å². The molecule has 1 amide bonds. The number of hydrogen-bond acceptors (Lipinski definition) is 5. The summed E-state index contributed by atoms with van der Waals surface area (Å²) in [6, 6.07) is 4.75. The highest BCUT2D eigenvalue weighted by Crippen LogP contribution is 2.31. The second kappa shape index (κ2) is 9.03. The third kappa shape index (κ3) is 5.00. The number of sulfonamides is 1. The smallest absolute Gasteiger partial charge is 0.246 e. The van der Waals surface area contributed by atoms with E-state index in [1.165, 1.54) is 36.7 Å². The van der Waals surface area contributed by atoms with E-state index < -0.39 is 10.0 Å². The molecular weight excluding hydrogens is 368 g/mol. The van der Waals surface area contributed by atoms with Crippen LogP contribution in [0.25, 0.3) is 0 Å². The number of hydrogen-bond donors (Lipinski definition) is 1. The van der Waals surface area contributed by atoms with Gasteiger partial charge in [0.2, 0.25) is 15.9 Å². The van der Waals surface area contributed by atoms with E-state index >= 15 is 0 Å². The zero-order chi connectivity index (χ0) is 19.3. The van der Waals surface area contributed by atoms with Gasteiger partial charge in [-0.25, -0.2) is 8.42 Å². The molecule has 7 nitrogen and oxygen atoms in total. The quantitative estimate of drug-likeness (QED) is 0.799. The van der Waals surface area contributed by atoms with Gasteiger partial charge in [-0.1, -0.05) is 19.3 Å². The van der Waals surface area contributed by atoms with Crippen LogP contribution in [0.5, 0.6) is 5.75 Å². The summed E-state index contributed by atoms with van der Waals surface area (Å²) >= 11 is 0. The van der Waals surface area contributed by atoms with Crippen molar-refractivity contribution in [2.24, 2.45) is 5.92 Å². The number of nitrogens with zero attached hydrogens (tertiary/aromatic N) is 1. The van der Waals surface area contributed by atoms with E-state index in [2.05, 4.69) is 5.32 Å². The predicted molar refractivity (Wildman–Crippen MR) is 102 cm³/mol. The highest BCUT2D eigenvalue weighted by molar-refractivity contribution is 7.89. The third-order valence-electron chi connectivity index (χ3n) is 5.23. The Balaban J connectivity index is 1.75. The lowest BCUT2D eigenvalue weighted by Crippen LogP contribution is -2.40. The van der Waals surface area contributed by atoms with Crippen LogP contribution in [0, 0.1) is 5.92 Å². The number of carbonyl (C=O) groups is 1. The molecule has 1 aliphatic carbocycles. The molecule has 8 heteroatoms. The lowest BCUT2D eigenvalue weighted by molar-refractivity contribution is -0.117. The van der Waals surface area contributed by atoms with Gasteiger partial charge in [-0.05, 0) is 37.0 Å². The summed E-state index contributed by atoms with van der Waals surface area (Å²) in [5.41, 5.74) is 0.475. The Kier molecular flexibility index (Phi) is 6.73. The fraction of sp³-hybridized carbons (Fsp3) is 0.632. The summed E-state index contributed by atoms with van der Waals surface area (Å²) in [6.45, 7) is 1.37. The van der Waals surface area contributed by atoms with Gasteiger partial charge in [0.1, 0.15) is 10.6 Å². The molecule has 1 saturated heterocycles. The van der Waals surface area contributed by atoms with Crippen molar-refractivity contribution in [1.82, 2.24) is 4.31 Å². The number of anilines is 1. The molecule has 0 aromatic heterocycles. The maximum Gasteiger partial charge on any atom is 0.246 e. The average Bonchev–Trinajstić information content (AvgIpc) is 2.69. The average molecular weight is 397 g/mol. The zero-order valence-corrected chi connectivity index (χ0v) is 16.6. The first kappa shape index (κ1) is 20.1. The van der Waals surface area contributed by atoms with E-state index in [-0.39, 0.29) is 16.6 Å². The second-order valence-corrected chi connectivity index (χ2v) is 9.04. The fourth-order valence-corrected chi connectivity index (χ4v) is 5.34. The van der Waals surface area contributed by atoms with Gasteiger partial charge in [0.15, 0.2) is 0 Å². The summed E-state index contributed by atoms with van der Waals surface area (Å²) in [5.74, 6) is 0.627. The van der Waals surface area contributed by atoms with Crippen molar-refractivity contribution < 1.29 is 22.7 Å². The van der Waals surface area contributed by atoms with Gasteiger partial charge in [0.25, 0.3) is 0 Å².